The van der Waals surface area contributed by atoms with Gasteiger partial charge in [0.1, 0.15) is 0 Å². The summed E-state index contributed by atoms with van der Waals surface area (Å²) in [4.78, 5) is 0. The monoisotopic (exact) mass is 153 g/mol. The van der Waals surface area contributed by atoms with Gasteiger partial charge in [-0.2, -0.15) is 0 Å². The molecule has 0 amide bonds. The van der Waals surface area contributed by atoms with E-state index in [2.05, 4.69) is 32.3 Å². The first-order valence-electron chi connectivity index (χ1n) is 4.18. The van der Waals surface area contributed by atoms with Crippen molar-refractivity contribution >= 4 is 0 Å². The molecule has 0 aliphatic carbocycles. The molecule has 0 aliphatic heterocycles. The van der Waals surface area contributed by atoms with Crippen molar-refractivity contribution in [1.82, 2.24) is 5.32 Å². The summed E-state index contributed by atoms with van der Waals surface area (Å²) < 4.78 is 0. The molecule has 1 atom stereocenters. The van der Waals surface area contributed by atoms with Crippen molar-refractivity contribution < 1.29 is 0 Å². The van der Waals surface area contributed by atoms with Crippen LogP contribution >= 0.6 is 0 Å². The molecule has 0 aromatic heterocycles. The minimum absolute atomic E-state index is 0.654. The van der Waals surface area contributed by atoms with Gasteiger partial charge in [-0.3, -0.25) is 0 Å². The van der Waals surface area contributed by atoms with E-state index in [0.29, 0.717) is 5.92 Å². The molecule has 0 fully saturated rings. The van der Waals surface area contributed by atoms with Crippen LogP contribution in [0.15, 0.2) is 24.9 Å². The highest BCUT2D eigenvalue weighted by molar-refractivity contribution is 4.93. The summed E-state index contributed by atoms with van der Waals surface area (Å²) in [5.74, 6) is 0.654. The Morgan fingerprint density at radius 3 is 2.73 bits per heavy atom. The zero-order valence-electron chi connectivity index (χ0n) is 7.69. The summed E-state index contributed by atoms with van der Waals surface area (Å²) in [5, 5.41) is 3.08. The Labute approximate surface area is 70.2 Å². The van der Waals surface area contributed by atoms with Crippen LogP contribution in [-0.2, 0) is 0 Å². The lowest BCUT2D eigenvalue weighted by Gasteiger charge is -2.09. The quantitative estimate of drug-likeness (QED) is 0.457. The van der Waals surface area contributed by atoms with Crippen molar-refractivity contribution in [3.8, 4) is 0 Å². The number of rotatable bonds is 6. The first-order chi connectivity index (χ1) is 5.18. The van der Waals surface area contributed by atoms with Gasteiger partial charge < -0.3 is 5.32 Å². The van der Waals surface area contributed by atoms with Crippen molar-refractivity contribution in [2.24, 2.45) is 5.92 Å². The Kier molecular flexibility index (Phi) is 5.63. The number of hydrogen-bond acceptors (Lipinski definition) is 1. The third-order valence-corrected chi connectivity index (χ3v) is 1.94. The van der Waals surface area contributed by atoms with E-state index in [4.69, 9.17) is 0 Å². The molecule has 0 aromatic carbocycles. The third kappa shape index (κ3) is 5.71. The summed E-state index contributed by atoms with van der Waals surface area (Å²) in [6.45, 7) is 12.8. The minimum Gasteiger partial charge on any atom is -0.391 e. The largest absolute Gasteiger partial charge is 0.391 e. The van der Waals surface area contributed by atoms with E-state index >= 15 is 0 Å². The Balaban J connectivity index is 3.24. The topological polar surface area (TPSA) is 12.0 Å². The molecular weight excluding hydrogens is 134 g/mol. The number of hydrogen-bond donors (Lipinski definition) is 1. The second-order valence-corrected chi connectivity index (χ2v) is 3.05. The van der Waals surface area contributed by atoms with Crippen molar-refractivity contribution in [2.45, 2.75) is 26.7 Å². The molecule has 0 rings (SSSR count). The average molecular weight is 153 g/mol. The summed E-state index contributed by atoms with van der Waals surface area (Å²) in [6.07, 6.45) is 4.15. The average Bonchev–Trinajstić information content (AvgIpc) is 1.97. The van der Waals surface area contributed by atoms with Gasteiger partial charge in [-0.05, 0) is 31.9 Å². The molecule has 0 spiro atoms. The van der Waals surface area contributed by atoms with E-state index in [1.807, 2.05) is 0 Å². The van der Waals surface area contributed by atoms with E-state index in [1.165, 1.54) is 18.4 Å². The molecule has 0 aromatic rings. The highest BCUT2D eigenvalue weighted by Gasteiger charge is 2.00. The van der Waals surface area contributed by atoms with Crippen molar-refractivity contribution in [1.29, 1.82) is 0 Å². The molecule has 0 saturated heterocycles. The zero-order chi connectivity index (χ0) is 8.69. The van der Waals surface area contributed by atoms with E-state index in [9.17, 15) is 0 Å². The molecule has 0 heterocycles. The van der Waals surface area contributed by atoms with Gasteiger partial charge in [0, 0.05) is 6.54 Å². The molecule has 1 heteroatoms. The van der Waals surface area contributed by atoms with Gasteiger partial charge >= 0.3 is 0 Å². The lowest BCUT2D eigenvalue weighted by molar-refractivity contribution is 0.570. The lowest BCUT2D eigenvalue weighted by Crippen LogP contribution is -2.07. The molecule has 0 aliphatic rings. The second-order valence-electron chi connectivity index (χ2n) is 3.05. The standard InChI is InChI=1S/C10H19N/c1-5-11-8-6-7-10(4)9(2)3/h5,10-11H,1-2,6-8H2,3-4H3/t10-/m0/s1. The number of allylic oxidation sites excluding steroid dienone is 1. The van der Waals surface area contributed by atoms with Crippen molar-refractivity contribution in [3.63, 3.8) is 0 Å². The molecule has 1 nitrogen and oxygen atoms in total. The van der Waals surface area contributed by atoms with Crippen LogP contribution in [0.1, 0.15) is 26.7 Å². The Morgan fingerprint density at radius 1 is 1.64 bits per heavy atom. The minimum atomic E-state index is 0.654. The maximum absolute atomic E-state index is 3.91. The summed E-state index contributed by atoms with van der Waals surface area (Å²) in [6, 6.07) is 0. The normalized spacial score (nSPS) is 12.2. The fraction of sp³-hybridized carbons (Fsp3) is 0.600. The van der Waals surface area contributed by atoms with Crippen molar-refractivity contribution in [2.75, 3.05) is 6.54 Å². The lowest BCUT2D eigenvalue weighted by atomic mass is 9.99. The first-order valence-corrected chi connectivity index (χ1v) is 4.18. The van der Waals surface area contributed by atoms with Crippen LogP contribution in [0.25, 0.3) is 0 Å². The van der Waals surface area contributed by atoms with Crippen LogP contribution in [-0.4, -0.2) is 6.54 Å². The summed E-state index contributed by atoms with van der Waals surface area (Å²) in [5.41, 5.74) is 1.28. The van der Waals surface area contributed by atoms with Gasteiger partial charge in [-0.25, -0.2) is 0 Å². The fourth-order valence-corrected chi connectivity index (χ4v) is 0.859. The van der Waals surface area contributed by atoms with Gasteiger partial charge in [0.05, 0.1) is 0 Å². The predicted molar refractivity (Wildman–Crippen MR) is 51.4 cm³/mol. The zero-order valence-corrected chi connectivity index (χ0v) is 7.69. The third-order valence-electron chi connectivity index (χ3n) is 1.94. The maximum atomic E-state index is 3.91. The van der Waals surface area contributed by atoms with Crippen LogP contribution in [0, 0.1) is 5.92 Å². The van der Waals surface area contributed by atoms with E-state index in [-0.39, 0.29) is 0 Å². The Morgan fingerprint density at radius 2 is 2.27 bits per heavy atom. The fourth-order valence-electron chi connectivity index (χ4n) is 0.859. The summed E-state index contributed by atoms with van der Waals surface area (Å²) in [7, 11) is 0. The molecule has 0 unspecified atom stereocenters. The smallest absolute Gasteiger partial charge is 0.0141 e. The van der Waals surface area contributed by atoms with Gasteiger partial charge in [-0.15, -0.1) is 0 Å². The highest BCUT2D eigenvalue weighted by Crippen LogP contribution is 2.12. The molecule has 1 N–H and O–H groups in total. The second kappa shape index (κ2) is 6.02. The maximum Gasteiger partial charge on any atom is 0.0141 e. The predicted octanol–water partition coefficient (Wildman–Crippen LogP) is 2.71. The van der Waals surface area contributed by atoms with Crippen LogP contribution in [0.2, 0.25) is 0 Å². The van der Waals surface area contributed by atoms with E-state index in [0.717, 1.165) is 6.54 Å². The highest BCUT2D eigenvalue weighted by atomic mass is 14.8. The van der Waals surface area contributed by atoms with Crippen LogP contribution in [0.3, 0.4) is 0 Å². The van der Waals surface area contributed by atoms with Gasteiger partial charge in [0.15, 0.2) is 0 Å². The van der Waals surface area contributed by atoms with E-state index in [1.54, 1.807) is 6.20 Å². The van der Waals surface area contributed by atoms with Crippen molar-refractivity contribution in [3.05, 3.63) is 24.9 Å². The molecule has 64 valence electrons. The van der Waals surface area contributed by atoms with Crippen LogP contribution in [0.5, 0.6) is 0 Å². The Bertz CT molecular complexity index is 127. The molecule has 11 heavy (non-hydrogen) atoms. The Hall–Kier alpha value is -0.720. The molecule has 0 radical (unpaired) electrons. The molecular formula is C10H19N. The van der Waals surface area contributed by atoms with Gasteiger partial charge in [0.25, 0.3) is 0 Å². The van der Waals surface area contributed by atoms with Gasteiger partial charge in [-0.1, -0.05) is 25.7 Å². The van der Waals surface area contributed by atoms with Gasteiger partial charge in [0.2, 0.25) is 0 Å². The molecule has 0 bridgehead atoms. The number of nitrogens with one attached hydrogen (secondary N) is 1. The summed E-state index contributed by atoms with van der Waals surface area (Å²) >= 11 is 0. The van der Waals surface area contributed by atoms with Crippen LogP contribution in [0.4, 0.5) is 0 Å². The molecule has 0 saturated carbocycles. The van der Waals surface area contributed by atoms with Crippen LogP contribution < -0.4 is 5.32 Å². The van der Waals surface area contributed by atoms with E-state index < -0.39 is 0 Å². The first kappa shape index (κ1) is 10.3. The SMILES string of the molecule is C=CNCCC[C@H](C)C(=C)C.